The Hall–Kier alpha value is -2.37. The number of halogens is 5. The lowest BCUT2D eigenvalue weighted by Crippen LogP contribution is -2.12. The maximum Gasteiger partial charge on any atom is 0.387 e. The molecule has 0 unspecified atom stereocenters. The van der Waals surface area contributed by atoms with Gasteiger partial charge in [-0.2, -0.15) is 18.2 Å². The van der Waals surface area contributed by atoms with Gasteiger partial charge in [-0.05, 0) is 18.2 Å². The normalized spacial score (nSPS) is 12.1. The van der Waals surface area contributed by atoms with E-state index in [-0.39, 0.29) is 20.8 Å². The minimum absolute atomic E-state index is 0.0647. The highest BCUT2D eigenvalue weighted by atomic mass is 35.5. The van der Waals surface area contributed by atoms with Crippen molar-refractivity contribution in [1.29, 1.82) is 0 Å². The van der Waals surface area contributed by atoms with E-state index in [1.54, 1.807) is 0 Å². The lowest BCUT2D eigenvalue weighted by molar-refractivity contribution is -0.0528. The Morgan fingerprint density at radius 1 is 1.23 bits per heavy atom. The molecule has 0 amide bonds. The fourth-order valence-electron chi connectivity index (χ4n) is 2.36. The number of primary sulfonamides is 1. The number of pyridine rings is 1. The van der Waals surface area contributed by atoms with Crippen LogP contribution in [0.4, 0.5) is 17.6 Å². The number of alkyl halides is 2. The summed E-state index contributed by atoms with van der Waals surface area (Å²) in [6.45, 7) is -3.38. The van der Waals surface area contributed by atoms with E-state index < -0.39 is 40.0 Å². The molecular formula is C14H8ClF4N3O3S. The highest BCUT2D eigenvalue weighted by molar-refractivity contribution is 7.89. The maximum atomic E-state index is 14.3. The van der Waals surface area contributed by atoms with Gasteiger partial charge in [0.05, 0.1) is 5.52 Å². The zero-order valence-corrected chi connectivity index (χ0v) is 14.0. The van der Waals surface area contributed by atoms with Gasteiger partial charge in [-0.25, -0.2) is 17.9 Å². The minimum atomic E-state index is -4.21. The van der Waals surface area contributed by atoms with Crippen molar-refractivity contribution in [3.63, 3.8) is 0 Å². The molecule has 2 N–H and O–H groups in total. The number of hydrogen-bond acceptors (Lipinski definition) is 4. The van der Waals surface area contributed by atoms with E-state index in [1.165, 1.54) is 18.2 Å². The molecule has 0 aliphatic carbocycles. The van der Waals surface area contributed by atoms with E-state index in [1.807, 2.05) is 0 Å². The molecule has 0 aliphatic rings. The third kappa shape index (κ3) is 3.32. The van der Waals surface area contributed by atoms with Crippen LogP contribution in [0.25, 0.3) is 16.7 Å². The molecule has 0 bridgehead atoms. The van der Waals surface area contributed by atoms with Gasteiger partial charge in [0, 0.05) is 22.7 Å². The van der Waals surface area contributed by atoms with Gasteiger partial charge in [0.1, 0.15) is 4.90 Å². The molecule has 138 valence electrons. The van der Waals surface area contributed by atoms with Crippen LogP contribution in [-0.2, 0) is 10.0 Å². The summed E-state index contributed by atoms with van der Waals surface area (Å²) in [4.78, 5) is 2.88. The molecule has 6 nitrogen and oxygen atoms in total. The average Bonchev–Trinajstić information content (AvgIpc) is 2.88. The highest BCUT2D eigenvalue weighted by Gasteiger charge is 2.23. The number of fused-ring (bicyclic) bond motifs is 1. The molecule has 0 spiro atoms. The van der Waals surface area contributed by atoms with Gasteiger partial charge in [-0.1, -0.05) is 11.6 Å². The van der Waals surface area contributed by atoms with Crippen LogP contribution in [-0.4, -0.2) is 24.6 Å². The first-order valence-corrected chi connectivity index (χ1v) is 8.65. The van der Waals surface area contributed by atoms with Crippen molar-refractivity contribution in [1.82, 2.24) is 9.55 Å². The third-order valence-corrected chi connectivity index (χ3v) is 4.53. The molecule has 2 heterocycles. The van der Waals surface area contributed by atoms with Crippen LogP contribution >= 0.6 is 11.6 Å². The standard InChI is InChI=1S/C14H8ClF4N3O3S/c15-6-1-2-7-9(3-6)22(5-11(7)26(20,23)24)13-8(16)4-10(12(17)21-13)25-14(18)19/h1-5,14H,(H2,20,23,24). The number of hydrogen-bond donors (Lipinski definition) is 1. The molecule has 0 saturated carbocycles. The van der Waals surface area contributed by atoms with Gasteiger partial charge in [-0.3, -0.25) is 4.57 Å². The van der Waals surface area contributed by atoms with E-state index in [2.05, 4.69) is 9.72 Å². The zero-order valence-electron chi connectivity index (χ0n) is 12.5. The quantitative estimate of drug-likeness (QED) is 0.529. The number of rotatable bonds is 4. The van der Waals surface area contributed by atoms with Gasteiger partial charge in [0.15, 0.2) is 17.4 Å². The van der Waals surface area contributed by atoms with Crippen molar-refractivity contribution < 1.29 is 30.7 Å². The van der Waals surface area contributed by atoms with Gasteiger partial charge >= 0.3 is 6.61 Å². The number of nitrogens with zero attached hydrogens (tertiary/aromatic N) is 2. The highest BCUT2D eigenvalue weighted by Crippen LogP contribution is 2.31. The van der Waals surface area contributed by atoms with E-state index in [4.69, 9.17) is 16.7 Å². The fraction of sp³-hybridized carbons (Fsp3) is 0.0714. The Balaban J connectivity index is 2.29. The van der Waals surface area contributed by atoms with Gasteiger partial charge in [-0.15, -0.1) is 0 Å². The van der Waals surface area contributed by atoms with Crippen molar-refractivity contribution in [3.8, 4) is 11.6 Å². The van der Waals surface area contributed by atoms with E-state index in [9.17, 15) is 26.0 Å². The van der Waals surface area contributed by atoms with Crippen LogP contribution in [0, 0.1) is 11.8 Å². The molecule has 0 radical (unpaired) electrons. The molecule has 0 atom stereocenters. The number of nitrogens with two attached hydrogens (primary N) is 1. The number of sulfonamides is 1. The lowest BCUT2D eigenvalue weighted by atomic mass is 10.2. The first-order chi connectivity index (χ1) is 12.1. The molecule has 3 aromatic rings. The Morgan fingerprint density at radius 2 is 1.92 bits per heavy atom. The monoisotopic (exact) mass is 409 g/mol. The van der Waals surface area contributed by atoms with Gasteiger partial charge in [0.25, 0.3) is 5.95 Å². The third-order valence-electron chi connectivity index (χ3n) is 3.36. The summed E-state index contributed by atoms with van der Waals surface area (Å²) in [5.74, 6) is -4.53. The second-order valence-corrected chi connectivity index (χ2v) is 7.00. The molecule has 2 aromatic heterocycles. The molecule has 0 aliphatic heterocycles. The van der Waals surface area contributed by atoms with Crippen LogP contribution in [0.1, 0.15) is 0 Å². The number of benzene rings is 1. The Bertz CT molecular complexity index is 1120. The summed E-state index contributed by atoms with van der Waals surface area (Å²) in [6, 6.07) is 4.37. The first-order valence-electron chi connectivity index (χ1n) is 6.72. The maximum absolute atomic E-state index is 14.3. The largest absolute Gasteiger partial charge is 0.430 e. The molecule has 0 saturated heterocycles. The van der Waals surface area contributed by atoms with Crippen LogP contribution in [0.5, 0.6) is 5.75 Å². The smallest absolute Gasteiger partial charge is 0.387 e. The van der Waals surface area contributed by atoms with E-state index >= 15 is 0 Å². The summed E-state index contributed by atoms with van der Waals surface area (Å²) >= 11 is 5.87. The Morgan fingerprint density at radius 3 is 2.54 bits per heavy atom. The summed E-state index contributed by atoms with van der Waals surface area (Å²) in [5.41, 5.74) is 0.0647. The molecular weight excluding hydrogens is 402 g/mol. The predicted molar refractivity (Wildman–Crippen MR) is 84.0 cm³/mol. The summed E-state index contributed by atoms with van der Waals surface area (Å²) in [6.07, 6.45) is 0.925. The molecule has 26 heavy (non-hydrogen) atoms. The van der Waals surface area contributed by atoms with Crippen LogP contribution in [0.15, 0.2) is 35.4 Å². The summed E-state index contributed by atoms with van der Waals surface area (Å²) in [5, 5.41) is 5.40. The predicted octanol–water partition coefficient (Wildman–Crippen LogP) is 3.21. The molecule has 12 heteroatoms. The SMILES string of the molecule is NS(=O)(=O)c1cn(-c2nc(F)c(OC(F)F)cc2F)c2cc(Cl)ccc12. The van der Waals surface area contributed by atoms with Crippen molar-refractivity contribution in [2.75, 3.05) is 0 Å². The van der Waals surface area contributed by atoms with Gasteiger partial charge in [0.2, 0.25) is 10.0 Å². The minimum Gasteiger partial charge on any atom is -0.430 e. The molecule has 0 fully saturated rings. The topological polar surface area (TPSA) is 87.2 Å². The van der Waals surface area contributed by atoms with Crippen molar-refractivity contribution in [3.05, 3.63) is 47.2 Å². The average molecular weight is 410 g/mol. The van der Waals surface area contributed by atoms with Crippen LogP contribution in [0.2, 0.25) is 5.02 Å². The number of ether oxygens (including phenoxy) is 1. The first kappa shape index (κ1) is 18.4. The van der Waals surface area contributed by atoms with Crippen LogP contribution < -0.4 is 9.88 Å². The van der Waals surface area contributed by atoms with Crippen molar-refractivity contribution in [2.45, 2.75) is 11.5 Å². The molecule has 3 rings (SSSR count). The summed E-state index contributed by atoms with van der Waals surface area (Å²) in [7, 11) is -4.21. The second kappa shape index (κ2) is 6.41. The zero-order chi connectivity index (χ0) is 19.2. The lowest BCUT2D eigenvalue weighted by Gasteiger charge is -2.10. The van der Waals surface area contributed by atoms with Gasteiger partial charge < -0.3 is 4.74 Å². The van der Waals surface area contributed by atoms with E-state index in [0.717, 1.165) is 10.8 Å². The number of aromatic nitrogens is 2. The van der Waals surface area contributed by atoms with Crippen molar-refractivity contribution in [2.24, 2.45) is 5.14 Å². The Kier molecular flexibility index (Phi) is 4.54. The second-order valence-electron chi connectivity index (χ2n) is 5.03. The Labute approximate surface area is 148 Å². The van der Waals surface area contributed by atoms with Crippen molar-refractivity contribution >= 4 is 32.5 Å². The fourth-order valence-corrected chi connectivity index (χ4v) is 3.26. The molecule has 1 aromatic carbocycles. The summed E-state index contributed by atoms with van der Waals surface area (Å²) < 4.78 is 80.8. The van der Waals surface area contributed by atoms with E-state index in [0.29, 0.717) is 6.07 Å². The van der Waals surface area contributed by atoms with Crippen LogP contribution in [0.3, 0.4) is 0 Å².